The van der Waals surface area contributed by atoms with Gasteiger partial charge in [0.2, 0.25) is 5.95 Å². The lowest BCUT2D eigenvalue weighted by atomic mass is 10.2. The minimum absolute atomic E-state index is 0.206. The van der Waals surface area contributed by atoms with Gasteiger partial charge in [-0.2, -0.15) is 0 Å². The van der Waals surface area contributed by atoms with Crippen LogP contribution in [-0.2, 0) is 7.05 Å². The van der Waals surface area contributed by atoms with Crippen molar-refractivity contribution in [2.75, 3.05) is 18.5 Å². The van der Waals surface area contributed by atoms with Crippen LogP contribution in [0.25, 0.3) is 0 Å². The summed E-state index contributed by atoms with van der Waals surface area (Å²) in [5.74, 6) is 1.11. The van der Waals surface area contributed by atoms with Crippen molar-refractivity contribution in [1.82, 2.24) is 9.55 Å². The average Bonchev–Trinajstić information content (AvgIpc) is 2.47. The van der Waals surface area contributed by atoms with E-state index in [1.807, 2.05) is 24.7 Å². The van der Waals surface area contributed by atoms with Crippen molar-refractivity contribution in [2.24, 2.45) is 13.0 Å². The molecule has 1 atom stereocenters. The van der Waals surface area contributed by atoms with Gasteiger partial charge in [0.1, 0.15) is 0 Å². The summed E-state index contributed by atoms with van der Waals surface area (Å²) < 4.78 is 1.91. The van der Waals surface area contributed by atoms with Crippen molar-refractivity contribution >= 4 is 5.95 Å². The van der Waals surface area contributed by atoms with Crippen molar-refractivity contribution in [3.8, 4) is 0 Å². The topological polar surface area (TPSA) is 50.1 Å². The van der Waals surface area contributed by atoms with Crippen LogP contribution in [0.1, 0.15) is 6.92 Å². The van der Waals surface area contributed by atoms with E-state index in [1.54, 1.807) is 6.20 Å². The molecule has 1 rings (SSSR count). The molecule has 1 heterocycles. The number of aliphatic hydroxyl groups is 1. The maximum Gasteiger partial charge on any atom is 0.202 e. The van der Waals surface area contributed by atoms with Crippen molar-refractivity contribution in [2.45, 2.75) is 6.92 Å². The molecule has 4 nitrogen and oxygen atoms in total. The lowest BCUT2D eigenvalue weighted by Gasteiger charge is -2.09. The molecule has 0 amide bonds. The van der Waals surface area contributed by atoms with E-state index in [1.165, 1.54) is 0 Å². The number of anilines is 1. The van der Waals surface area contributed by atoms with Gasteiger partial charge in [-0.05, 0) is 5.92 Å². The largest absolute Gasteiger partial charge is 0.396 e. The van der Waals surface area contributed by atoms with E-state index < -0.39 is 0 Å². The molecule has 12 heavy (non-hydrogen) atoms. The van der Waals surface area contributed by atoms with E-state index in [9.17, 15) is 0 Å². The summed E-state index contributed by atoms with van der Waals surface area (Å²) in [6.07, 6.45) is 3.62. The SMILES string of the molecule is CC(CO)CNc1nccn1C. The fourth-order valence-corrected chi connectivity index (χ4v) is 0.866. The Balaban J connectivity index is 2.38. The monoisotopic (exact) mass is 169 g/mol. The smallest absolute Gasteiger partial charge is 0.202 e. The second kappa shape index (κ2) is 4.11. The lowest BCUT2D eigenvalue weighted by Crippen LogP contribution is -2.16. The summed E-state index contributed by atoms with van der Waals surface area (Å²) >= 11 is 0. The van der Waals surface area contributed by atoms with Crippen molar-refractivity contribution in [3.63, 3.8) is 0 Å². The number of aliphatic hydroxyl groups excluding tert-OH is 1. The van der Waals surface area contributed by atoms with Crippen LogP contribution in [0, 0.1) is 5.92 Å². The molecular weight excluding hydrogens is 154 g/mol. The number of aryl methyl sites for hydroxylation is 1. The highest BCUT2D eigenvalue weighted by atomic mass is 16.3. The molecule has 0 spiro atoms. The van der Waals surface area contributed by atoms with Gasteiger partial charge in [-0.15, -0.1) is 0 Å². The summed E-state index contributed by atoms with van der Waals surface area (Å²) in [5.41, 5.74) is 0. The van der Waals surface area contributed by atoms with E-state index in [0.29, 0.717) is 0 Å². The molecule has 0 aliphatic carbocycles. The zero-order valence-corrected chi connectivity index (χ0v) is 7.49. The third kappa shape index (κ3) is 2.23. The van der Waals surface area contributed by atoms with Gasteiger partial charge in [-0.1, -0.05) is 6.92 Å². The highest BCUT2D eigenvalue weighted by Gasteiger charge is 2.01. The summed E-state index contributed by atoms with van der Waals surface area (Å²) in [6, 6.07) is 0. The Kier molecular flexibility index (Phi) is 3.10. The highest BCUT2D eigenvalue weighted by molar-refractivity contribution is 5.24. The Bertz CT molecular complexity index is 234. The summed E-state index contributed by atoms with van der Waals surface area (Å²) in [7, 11) is 1.93. The van der Waals surface area contributed by atoms with Crippen molar-refractivity contribution < 1.29 is 5.11 Å². The summed E-state index contributed by atoms with van der Waals surface area (Å²) in [4.78, 5) is 4.09. The summed E-state index contributed by atoms with van der Waals surface area (Å²) in [6.45, 7) is 2.94. The van der Waals surface area contributed by atoms with E-state index in [2.05, 4.69) is 10.3 Å². The van der Waals surface area contributed by atoms with Gasteiger partial charge in [-0.3, -0.25) is 0 Å². The van der Waals surface area contributed by atoms with E-state index in [4.69, 9.17) is 5.11 Å². The van der Waals surface area contributed by atoms with E-state index in [-0.39, 0.29) is 12.5 Å². The first-order chi connectivity index (χ1) is 5.74. The van der Waals surface area contributed by atoms with E-state index >= 15 is 0 Å². The van der Waals surface area contributed by atoms with Crippen molar-refractivity contribution in [3.05, 3.63) is 12.4 Å². The zero-order valence-electron chi connectivity index (χ0n) is 7.49. The molecule has 1 aromatic rings. The first-order valence-corrected chi connectivity index (χ1v) is 4.06. The zero-order chi connectivity index (χ0) is 8.97. The standard InChI is InChI=1S/C8H15N3O/c1-7(6-12)5-10-8-9-3-4-11(8)2/h3-4,7,12H,5-6H2,1-2H3,(H,9,10). The molecule has 0 bridgehead atoms. The van der Waals surface area contributed by atoms with Crippen LogP contribution in [0.4, 0.5) is 5.95 Å². The number of rotatable bonds is 4. The number of hydrogen-bond donors (Lipinski definition) is 2. The van der Waals surface area contributed by atoms with Gasteiger partial charge < -0.3 is 15.0 Å². The second-order valence-corrected chi connectivity index (χ2v) is 3.03. The minimum atomic E-state index is 0.206. The number of aromatic nitrogens is 2. The predicted molar refractivity (Wildman–Crippen MR) is 47.9 cm³/mol. The molecular formula is C8H15N3O. The normalized spacial score (nSPS) is 12.9. The fourth-order valence-electron chi connectivity index (χ4n) is 0.866. The lowest BCUT2D eigenvalue weighted by molar-refractivity contribution is 0.244. The number of hydrogen-bond acceptors (Lipinski definition) is 3. The Morgan fingerprint density at radius 3 is 3.00 bits per heavy atom. The average molecular weight is 169 g/mol. The maximum absolute atomic E-state index is 8.77. The second-order valence-electron chi connectivity index (χ2n) is 3.03. The molecule has 4 heteroatoms. The highest BCUT2D eigenvalue weighted by Crippen LogP contribution is 2.02. The fraction of sp³-hybridized carbons (Fsp3) is 0.625. The molecule has 1 unspecified atom stereocenters. The molecule has 0 aliphatic rings. The van der Waals surface area contributed by atoms with Crippen LogP contribution in [0.2, 0.25) is 0 Å². The predicted octanol–water partition coefficient (Wildman–Crippen LogP) is 0.460. The third-order valence-electron chi connectivity index (χ3n) is 1.74. The summed E-state index contributed by atoms with van der Waals surface area (Å²) in [5, 5.41) is 11.9. The molecule has 68 valence electrons. The van der Waals surface area contributed by atoms with Gasteiger partial charge in [0.05, 0.1) is 0 Å². The Morgan fingerprint density at radius 1 is 1.75 bits per heavy atom. The quantitative estimate of drug-likeness (QED) is 0.688. The molecule has 1 aromatic heterocycles. The van der Waals surface area contributed by atoms with Crippen LogP contribution in [0.15, 0.2) is 12.4 Å². The molecule has 2 N–H and O–H groups in total. The Labute approximate surface area is 72.2 Å². The van der Waals surface area contributed by atoms with Crippen LogP contribution in [-0.4, -0.2) is 27.8 Å². The molecule has 0 radical (unpaired) electrons. The molecule has 0 fully saturated rings. The molecule has 0 saturated heterocycles. The number of imidazole rings is 1. The van der Waals surface area contributed by atoms with E-state index in [0.717, 1.165) is 12.5 Å². The van der Waals surface area contributed by atoms with Gasteiger partial charge in [0, 0.05) is 32.6 Å². The van der Waals surface area contributed by atoms with Gasteiger partial charge in [0.15, 0.2) is 0 Å². The third-order valence-corrected chi connectivity index (χ3v) is 1.74. The maximum atomic E-state index is 8.77. The molecule has 0 saturated carbocycles. The Hall–Kier alpha value is -1.03. The van der Waals surface area contributed by atoms with Crippen LogP contribution in [0.3, 0.4) is 0 Å². The van der Waals surface area contributed by atoms with Crippen LogP contribution >= 0.6 is 0 Å². The molecule has 0 aromatic carbocycles. The minimum Gasteiger partial charge on any atom is -0.396 e. The van der Waals surface area contributed by atoms with Gasteiger partial charge >= 0.3 is 0 Å². The first-order valence-electron chi connectivity index (χ1n) is 4.06. The number of nitrogens with one attached hydrogen (secondary N) is 1. The van der Waals surface area contributed by atoms with Crippen LogP contribution in [0.5, 0.6) is 0 Å². The van der Waals surface area contributed by atoms with Gasteiger partial charge in [0.25, 0.3) is 0 Å². The van der Waals surface area contributed by atoms with Crippen LogP contribution < -0.4 is 5.32 Å². The first kappa shape index (κ1) is 9.06. The van der Waals surface area contributed by atoms with Gasteiger partial charge in [-0.25, -0.2) is 4.98 Å². The Morgan fingerprint density at radius 2 is 2.50 bits per heavy atom. The number of nitrogens with zero attached hydrogens (tertiary/aromatic N) is 2. The van der Waals surface area contributed by atoms with Crippen molar-refractivity contribution in [1.29, 1.82) is 0 Å². The molecule has 0 aliphatic heterocycles.